The molecule has 2 N–H and O–H groups in total. The summed E-state index contributed by atoms with van der Waals surface area (Å²) in [6.07, 6.45) is 1.44. The standard InChI is InChI=1S/C32H26N2O5S2/c1-20-13-15-21(16-14-20)25-19-40-31(27(25)32(37)38-2)34-30(36)28(22-8-4-3-5-9-22)41-24-11-6-10-23(18-24)33-29(35)26-12-7-17-39-26/h3-19,28H,1-2H3,(H,33,35)(H,34,36). The van der Waals surface area contributed by atoms with Gasteiger partial charge in [-0.05, 0) is 48.4 Å². The zero-order valence-corrected chi connectivity index (χ0v) is 23.9. The van der Waals surface area contributed by atoms with Crippen molar-refractivity contribution in [2.24, 2.45) is 0 Å². The van der Waals surface area contributed by atoms with Crippen LogP contribution in [0.1, 0.15) is 37.3 Å². The Labute approximate surface area is 245 Å². The van der Waals surface area contributed by atoms with Crippen LogP contribution in [0.5, 0.6) is 0 Å². The van der Waals surface area contributed by atoms with Crippen LogP contribution in [-0.2, 0) is 9.53 Å². The maximum atomic E-state index is 13.8. The number of carbonyl (C=O) groups excluding carboxylic acids is 3. The molecule has 41 heavy (non-hydrogen) atoms. The number of aryl methyl sites for hydroxylation is 1. The number of rotatable bonds is 9. The van der Waals surface area contributed by atoms with E-state index in [-0.39, 0.29) is 17.6 Å². The molecular weight excluding hydrogens is 556 g/mol. The molecule has 3 aromatic carbocycles. The minimum atomic E-state index is -0.650. The summed E-state index contributed by atoms with van der Waals surface area (Å²) < 4.78 is 10.3. The highest BCUT2D eigenvalue weighted by Gasteiger charge is 2.27. The van der Waals surface area contributed by atoms with E-state index in [4.69, 9.17) is 9.15 Å². The molecule has 0 aliphatic rings. The Morgan fingerprint density at radius 3 is 2.39 bits per heavy atom. The van der Waals surface area contributed by atoms with Crippen molar-refractivity contribution in [2.45, 2.75) is 17.1 Å². The molecule has 0 spiro atoms. The summed E-state index contributed by atoms with van der Waals surface area (Å²) in [5.41, 5.74) is 4.32. The average molecular weight is 583 g/mol. The van der Waals surface area contributed by atoms with Gasteiger partial charge < -0.3 is 19.8 Å². The smallest absolute Gasteiger partial charge is 0.341 e. The molecule has 206 valence electrons. The molecule has 0 aliphatic carbocycles. The van der Waals surface area contributed by atoms with E-state index < -0.39 is 11.2 Å². The third kappa shape index (κ3) is 6.59. The lowest BCUT2D eigenvalue weighted by Gasteiger charge is -2.18. The summed E-state index contributed by atoms with van der Waals surface area (Å²) in [5, 5.41) is 7.42. The van der Waals surface area contributed by atoms with E-state index in [9.17, 15) is 14.4 Å². The average Bonchev–Trinajstić information content (AvgIpc) is 3.68. The molecule has 0 aliphatic heterocycles. The van der Waals surface area contributed by atoms with E-state index in [1.54, 1.807) is 24.3 Å². The van der Waals surface area contributed by atoms with Gasteiger partial charge in [-0.2, -0.15) is 0 Å². The molecule has 5 aromatic rings. The Morgan fingerprint density at radius 1 is 0.902 bits per heavy atom. The number of thioether (sulfide) groups is 1. The second-order valence-electron chi connectivity index (χ2n) is 9.07. The van der Waals surface area contributed by atoms with Gasteiger partial charge >= 0.3 is 5.97 Å². The minimum absolute atomic E-state index is 0.201. The number of amides is 2. The maximum Gasteiger partial charge on any atom is 0.341 e. The predicted octanol–water partition coefficient (Wildman–Crippen LogP) is 7.83. The molecule has 0 fully saturated rings. The topological polar surface area (TPSA) is 97.6 Å². The van der Waals surface area contributed by atoms with Crippen LogP contribution in [0.25, 0.3) is 11.1 Å². The largest absolute Gasteiger partial charge is 0.465 e. The fourth-order valence-electron chi connectivity index (χ4n) is 4.16. The van der Waals surface area contributed by atoms with Crippen LogP contribution in [0.2, 0.25) is 0 Å². The molecular formula is C32H26N2O5S2. The second-order valence-corrected chi connectivity index (χ2v) is 11.1. The van der Waals surface area contributed by atoms with Crippen molar-refractivity contribution in [3.8, 4) is 11.1 Å². The normalized spacial score (nSPS) is 11.5. The van der Waals surface area contributed by atoms with Crippen LogP contribution in [0.3, 0.4) is 0 Å². The molecule has 2 aromatic heterocycles. The molecule has 9 heteroatoms. The van der Waals surface area contributed by atoms with Crippen molar-refractivity contribution >= 4 is 51.6 Å². The molecule has 0 saturated carbocycles. The third-order valence-corrected chi connectivity index (χ3v) is 8.35. The van der Waals surface area contributed by atoms with Crippen molar-refractivity contribution < 1.29 is 23.5 Å². The first kappa shape index (κ1) is 27.9. The Hall–Kier alpha value is -4.60. The van der Waals surface area contributed by atoms with Gasteiger partial charge in [-0.25, -0.2) is 4.79 Å². The Balaban J connectivity index is 1.42. The number of nitrogens with one attached hydrogen (secondary N) is 2. The first-order chi connectivity index (χ1) is 19.9. The monoisotopic (exact) mass is 582 g/mol. The summed E-state index contributed by atoms with van der Waals surface area (Å²) in [6, 6.07) is 27.7. The highest BCUT2D eigenvalue weighted by Crippen LogP contribution is 2.40. The SMILES string of the molecule is COC(=O)c1c(-c2ccc(C)cc2)csc1NC(=O)C(Sc1cccc(NC(=O)c2ccco2)c1)c1ccccc1. The van der Waals surface area contributed by atoms with Gasteiger partial charge in [0.25, 0.3) is 5.91 Å². The van der Waals surface area contributed by atoms with Crippen molar-refractivity contribution in [3.05, 3.63) is 125 Å². The number of carbonyl (C=O) groups is 3. The minimum Gasteiger partial charge on any atom is -0.465 e. The Morgan fingerprint density at radius 2 is 1.68 bits per heavy atom. The number of benzene rings is 3. The van der Waals surface area contributed by atoms with Gasteiger partial charge in [-0.15, -0.1) is 23.1 Å². The molecule has 0 radical (unpaired) electrons. The van der Waals surface area contributed by atoms with Gasteiger partial charge in [0.05, 0.1) is 13.4 Å². The van der Waals surface area contributed by atoms with Crippen LogP contribution >= 0.6 is 23.1 Å². The molecule has 0 bridgehead atoms. The van der Waals surface area contributed by atoms with Crippen LogP contribution in [0.4, 0.5) is 10.7 Å². The molecule has 7 nitrogen and oxygen atoms in total. The summed E-state index contributed by atoms with van der Waals surface area (Å²) in [4.78, 5) is 39.9. The lowest BCUT2D eigenvalue weighted by Crippen LogP contribution is -2.20. The zero-order chi connectivity index (χ0) is 28.8. The van der Waals surface area contributed by atoms with E-state index in [0.29, 0.717) is 21.8 Å². The Kier molecular flexibility index (Phi) is 8.67. The fraction of sp³-hybridized carbons (Fsp3) is 0.0938. The van der Waals surface area contributed by atoms with E-state index in [1.165, 1.54) is 36.5 Å². The molecule has 2 amide bonds. The highest BCUT2D eigenvalue weighted by molar-refractivity contribution is 8.00. The third-order valence-electron chi connectivity index (χ3n) is 6.21. The molecule has 5 rings (SSSR count). The molecule has 1 atom stereocenters. The number of hydrogen-bond acceptors (Lipinski definition) is 7. The quantitative estimate of drug-likeness (QED) is 0.136. The van der Waals surface area contributed by atoms with E-state index >= 15 is 0 Å². The number of anilines is 2. The summed E-state index contributed by atoms with van der Waals surface area (Å²) in [6.45, 7) is 1.99. The Bertz CT molecular complexity index is 1660. The molecule has 0 saturated heterocycles. The summed E-state index contributed by atoms with van der Waals surface area (Å²) in [7, 11) is 1.32. The first-order valence-corrected chi connectivity index (χ1v) is 14.4. The van der Waals surface area contributed by atoms with E-state index in [0.717, 1.165) is 21.6 Å². The number of ether oxygens (including phenoxy) is 1. The lowest BCUT2D eigenvalue weighted by atomic mass is 10.0. The molecule has 2 heterocycles. The zero-order valence-electron chi connectivity index (χ0n) is 22.3. The van der Waals surface area contributed by atoms with Gasteiger partial charge in [0, 0.05) is 21.5 Å². The van der Waals surface area contributed by atoms with Crippen molar-refractivity contribution in [1.82, 2.24) is 0 Å². The maximum absolute atomic E-state index is 13.8. The number of thiophene rings is 1. The van der Waals surface area contributed by atoms with Gasteiger partial charge in [0.1, 0.15) is 15.8 Å². The number of methoxy groups -OCH3 is 1. The fourth-order valence-corrected chi connectivity index (χ4v) is 6.21. The van der Waals surface area contributed by atoms with Gasteiger partial charge in [0.15, 0.2) is 5.76 Å². The van der Waals surface area contributed by atoms with Gasteiger partial charge in [-0.1, -0.05) is 66.2 Å². The van der Waals surface area contributed by atoms with Crippen LogP contribution < -0.4 is 10.6 Å². The van der Waals surface area contributed by atoms with Gasteiger partial charge in [0.2, 0.25) is 5.91 Å². The lowest BCUT2D eigenvalue weighted by molar-refractivity contribution is -0.115. The summed E-state index contributed by atoms with van der Waals surface area (Å²) >= 11 is 2.61. The number of furan rings is 1. The van der Waals surface area contributed by atoms with Crippen molar-refractivity contribution in [1.29, 1.82) is 0 Å². The van der Waals surface area contributed by atoms with E-state index in [1.807, 2.05) is 79.0 Å². The van der Waals surface area contributed by atoms with Crippen LogP contribution in [-0.4, -0.2) is 24.9 Å². The van der Waals surface area contributed by atoms with Gasteiger partial charge in [-0.3, -0.25) is 9.59 Å². The highest BCUT2D eigenvalue weighted by atomic mass is 32.2. The van der Waals surface area contributed by atoms with Crippen LogP contribution in [0, 0.1) is 6.92 Å². The summed E-state index contributed by atoms with van der Waals surface area (Å²) in [5.74, 6) is -0.992. The van der Waals surface area contributed by atoms with E-state index in [2.05, 4.69) is 10.6 Å². The van der Waals surface area contributed by atoms with Crippen molar-refractivity contribution in [3.63, 3.8) is 0 Å². The number of hydrogen-bond donors (Lipinski definition) is 2. The second kappa shape index (κ2) is 12.7. The molecule has 1 unspecified atom stereocenters. The van der Waals surface area contributed by atoms with Crippen molar-refractivity contribution in [2.75, 3.05) is 17.7 Å². The first-order valence-electron chi connectivity index (χ1n) is 12.7. The van der Waals surface area contributed by atoms with Crippen LogP contribution in [0.15, 0.2) is 112 Å². The predicted molar refractivity (Wildman–Crippen MR) is 163 cm³/mol. The number of esters is 1.